The number of hydrogen-bond acceptors (Lipinski definition) is 3. The molecule has 0 spiro atoms. The van der Waals surface area contributed by atoms with Gasteiger partial charge in [0.15, 0.2) is 0 Å². The van der Waals surface area contributed by atoms with Gasteiger partial charge in [0.25, 0.3) is 5.91 Å². The summed E-state index contributed by atoms with van der Waals surface area (Å²) in [5, 5.41) is 2.86. The van der Waals surface area contributed by atoms with Gasteiger partial charge in [0, 0.05) is 6.04 Å². The Morgan fingerprint density at radius 1 is 1.15 bits per heavy atom. The number of aryl methyl sites for hydroxylation is 2. The fourth-order valence-electron chi connectivity index (χ4n) is 2.51. The summed E-state index contributed by atoms with van der Waals surface area (Å²) in [5.41, 5.74) is 5.19. The average molecular weight is 279 g/mol. The van der Waals surface area contributed by atoms with Gasteiger partial charge in [-0.1, -0.05) is 19.3 Å². The van der Waals surface area contributed by atoms with Gasteiger partial charge in [0.05, 0.1) is 5.56 Å². The van der Waals surface area contributed by atoms with Crippen LogP contribution in [0, 0.1) is 13.8 Å². The molecule has 1 aromatic rings. The maximum atomic E-state index is 11.9. The lowest BCUT2D eigenvalue weighted by Gasteiger charge is -2.22. The molecule has 3 N–H and O–H groups in total. The lowest BCUT2D eigenvalue weighted by molar-refractivity contribution is 0.0934. The Kier molecular flexibility index (Phi) is 4.65. The Morgan fingerprint density at radius 2 is 1.85 bits per heavy atom. The molecule has 0 aliphatic heterocycles. The van der Waals surface area contributed by atoms with Crippen LogP contribution in [0.2, 0.25) is 0 Å². The number of urea groups is 1. The Bertz CT molecular complexity index is 490. The second-order valence-electron chi connectivity index (χ2n) is 5.21. The molecule has 0 saturated heterocycles. The molecular formula is C14H21N3O3. The molecule has 2 rings (SSSR count). The normalized spacial score (nSPS) is 15.7. The van der Waals surface area contributed by atoms with Crippen LogP contribution in [0.1, 0.15) is 54.0 Å². The highest BCUT2D eigenvalue weighted by Crippen LogP contribution is 2.17. The summed E-state index contributed by atoms with van der Waals surface area (Å²) in [4.78, 5) is 23.5. The molecule has 0 unspecified atom stereocenters. The Hall–Kier alpha value is -1.98. The summed E-state index contributed by atoms with van der Waals surface area (Å²) in [5.74, 6) is 0.826. The van der Waals surface area contributed by atoms with E-state index in [1.807, 2.05) is 0 Å². The van der Waals surface area contributed by atoms with Crippen LogP contribution in [0.15, 0.2) is 10.5 Å². The number of hydrazine groups is 1. The van der Waals surface area contributed by atoms with E-state index in [1.54, 1.807) is 19.9 Å². The van der Waals surface area contributed by atoms with E-state index in [-0.39, 0.29) is 18.0 Å². The maximum absolute atomic E-state index is 11.9. The molecule has 1 aliphatic rings. The van der Waals surface area contributed by atoms with Crippen molar-refractivity contribution in [3.8, 4) is 0 Å². The number of furan rings is 1. The van der Waals surface area contributed by atoms with Gasteiger partial charge in [-0.05, 0) is 32.8 Å². The molecule has 1 heterocycles. The molecule has 3 amide bonds. The number of nitrogens with one attached hydrogen (secondary N) is 3. The predicted octanol–water partition coefficient (Wildman–Crippen LogP) is 2.17. The Morgan fingerprint density at radius 3 is 2.45 bits per heavy atom. The first-order valence-electron chi connectivity index (χ1n) is 7.00. The van der Waals surface area contributed by atoms with Crippen LogP contribution in [0.25, 0.3) is 0 Å². The molecule has 1 saturated carbocycles. The van der Waals surface area contributed by atoms with E-state index in [9.17, 15) is 9.59 Å². The molecule has 6 heteroatoms. The zero-order valence-electron chi connectivity index (χ0n) is 11.9. The van der Waals surface area contributed by atoms with E-state index in [1.165, 1.54) is 6.42 Å². The standard InChI is InChI=1S/C14H21N3O3/c1-9-8-12(10(2)20-9)13(18)16-17-14(19)15-11-6-4-3-5-7-11/h8,11H,3-7H2,1-2H3,(H,16,18)(H2,15,17,19). The number of carbonyl (C=O) groups is 2. The van der Waals surface area contributed by atoms with Crippen molar-refractivity contribution in [1.82, 2.24) is 16.2 Å². The van der Waals surface area contributed by atoms with Crippen molar-refractivity contribution in [2.75, 3.05) is 0 Å². The highest BCUT2D eigenvalue weighted by Gasteiger charge is 2.17. The topological polar surface area (TPSA) is 83.4 Å². The van der Waals surface area contributed by atoms with Crippen molar-refractivity contribution < 1.29 is 14.0 Å². The Balaban J connectivity index is 1.78. The van der Waals surface area contributed by atoms with Crippen molar-refractivity contribution >= 4 is 11.9 Å². The van der Waals surface area contributed by atoms with E-state index in [0.717, 1.165) is 25.7 Å². The monoisotopic (exact) mass is 279 g/mol. The number of hydrogen-bond donors (Lipinski definition) is 3. The van der Waals surface area contributed by atoms with Gasteiger partial charge in [-0.3, -0.25) is 10.2 Å². The summed E-state index contributed by atoms with van der Waals surface area (Å²) in [6, 6.07) is 1.48. The third kappa shape index (κ3) is 3.76. The minimum absolute atomic E-state index is 0.207. The van der Waals surface area contributed by atoms with Crippen molar-refractivity contribution in [2.45, 2.75) is 52.0 Å². The quantitative estimate of drug-likeness (QED) is 0.725. The van der Waals surface area contributed by atoms with Gasteiger partial charge >= 0.3 is 6.03 Å². The molecule has 0 radical (unpaired) electrons. The summed E-state index contributed by atoms with van der Waals surface area (Å²) >= 11 is 0. The number of amides is 3. The van der Waals surface area contributed by atoms with Crippen molar-refractivity contribution in [3.63, 3.8) is 0 Å². The van der Waals surface area contributed by atoms with Gasteiger partial charge < -0.3 is 9.73 Å². The molecule has 0 bridgehead atoms. The number of carbonyl (C=O) groups excluding carboxylic acids is 2. The van der Waals surface area contributed by atoms with Crippen LogP contribution >= 0.6 is 0 Å². The molecule has 0 atom stereocenters. The molecular weight excluding hydrogens is 258 g/mol. The third-order valence-corrected chi connectivity index (χ3v) is 3.52. The smallest absolute Gasteiger partial charge is 0.333 e. The minimum Gasteiger partial charge on any atom is -0.466 e. The first kappa shape index (κ1) is 14.4. The molecule has 0 aromatic carbocycles. The predicted molar refractivity (Wildman–Crippen MR) is 74.2 cm³/mol. The SMILES string of the molecule is Cc1cc(C(=O)NNC(=O)NC2CCCCC2)c(C)o1. The van der Waals surface area contributed by atoms with Gasteiger partial charge in [0.1, 0.15) is 11.5 Å². The fourth-order valence-corrected chi connectivity index (χ4v) is 2.51. The summed E-state index contributed by atoms with van der Waals surface area (Å²) in [6.45, 7) is 3.48. The maximum Gasteiger partial charge on any atom is 0.333 e. The zero-order chi connectivity index (χ0) is 14.5. The summed E-state index contributed by atoms with van der Waals surface area (Å²) in [6.07, 6.45) is 5.52. The van der Waals surface area contributed by atoms with Crippen LogP contribution in [0.5, 0.6) is 0 Å². The lowest BCUT2D eigenvalue weighted by Crippen LogP contribution is -2.50. The van der Waals surface area contributed by atoms with Gasteiger partial charge in [-0.2, -0.15) is 0 Å². The molecule has 1 fully saturated rings. The second kappa shape index (κ2) is 6.45. The van der Waals surface area contributed by atoms with Gasteiger partial charge in [-0.15, -0.1) is 0 Å². The van der Waals surface area contributed by atoms with Gasteiger partial charge in [0.2, 0.25) is 0 Å². The molecule has 1 aromatic heterocycles. The van der Waals surface area contributed by atoms with E-state index in [4.69, 9.17) is 4.42 Å². The average Bonchev–Trinajstić information content (AvgIpc) is 2.76. The van der Waals surface area contributed by atoms with Gasteiger partial charge in [-0.25, -0.2) is 10.2 Å². The van der Waals surface area contributed by atoms with Crippen LogP contribution in [-0.4, -0.2) is 18.0 Å². The minimum atomic E-state index is -0.377. The highest BCUT2D eigenvalue weighted by molar-refractivity contribution is 5.96. The highest BCUT2D eigenvalue weighted by atomic mass is 16.3. The molecule has 110 valence electrons. The zero-order valence-corrected chi connectivity index (χ0v) is 11.9. The van der Waals surface area contributed by atoms with Crippen LogP contribution < -0.4 is 16.2 Å². The van der Waals surface area contributed by atoms with Crippen LogP contribution in [0.4, 0.5) is 4.79 Å². The van der Waals surface area contributed by atoms with E-state index in [2.05, 4.69) is 16.2 Å². The van der Waals surface area contributed by atoms with E-state index >= 15 is 0 Å². The van der Waals surface area contributed by atoms with Crippen molar-refractivity contribution in [1.29, 1.82) is 0 Å². The number of rotatable bonds is 2. The first-order valence-corrected chi connectivity index (χ1v) is 7.00. The molecule has 20 heavy (non-hydrogen) atoms. The largest absolute Gasteiger partial charge is 0.466 e. The van der Waals surface area contributed by atoms with E-state index < -0.39 is 0 Å². The van der Waals surface area contributed by atoms with Crippen LogP contribution in [0.3, 0.4) is 0 Å². The fraction of sp³-hybridized carbons (Fsp3) is 0.571. The summed E-state index contributed by atoms with van der Waals surface area (Å²) in [7, 11) is 0. The second-order valence-corrected chi connectivity index (χ2v) is 5.21. The summed E-state index contributed by atoms with van der Waals surface area (Å²) < 4.78 is 5.27. The van der Waals surface area contributed by atoms with Crippen molar-refractivity contribution in [3.05, 3.63) is 23.2 Å². The molecule has 6 nitrogen and oxygen atoms in total. The van der Waals surface area contributed by atoms with Crippen LogP contribution in [-0.2, 0) is 0 Å². The third-order valence-electron chi connectivity index (χ3n) is 3.52. The molecule has 1 aliphatic carbocycles. The first-order chi connectivity index (χ1) is 9.56. The van der Waals surface area contributed by atoms with Crippen molar-refractivity contribution in [2.24, 2.45) is 0 Å². The Labute approximate surface area is 118 Å². The lowest BCUT2D eigenvalue weighted by atomic mass is 9.96. The van der Waals surface area contributed by atoms with E-state index in [0.29, 0.717) is 17.1 Å².